The second-order valence-electron chi connectivity index (χ2n) is 7.11. The summed E-state index contributed by atoms with van der Waals surface area (Å²) in [6.45, 7) is 2.68. The predicted octanol–water partition coefficient (Wildman–Crippen LogP) is 4.85. The molecular weight excluding hydrogens is 406 g/mol. The lowest BCUT2D eigenvalue weighted by Gasteiger charge is -2.23. The lowest BCUT2D eigenvalue weighted by molar-refractivity contribution is 0.0602. The highest BCUT2D eigenvalue weighted by Gasteiger charge is 2.32. The molecule has 0 unspecified atom stereocenters. The van der Waals surface area contributed by atoms with E-state index >= 15 is 0 Å². The number of rotatable bonds is 4. The van der Waals surface area contributed by atoms with Crippen molar-refractivity contribution in [2.75, 3.05) is 21.3 Å². The molecule has 0 fully saturated rings. The number of phenolic OH excluding ortho intramolecular Hbond substituents is 1. The molecule has 4 rings (SSSR count). The number of aryl methyl sites for hydroxylation is 1. The van der Waals surface area contributed by atoms with E-state index in [-0.39, 0.29) is 10.8 Å². The number of halogens is 1. The van der Waals surface area contributed by atoms with Crippen LogP contribution in [0.5, 0.6) is 17.2 Å². The number of ether oxygens (including phenoxy) is 3. The zero-order chi connectivity index (χ0) is 21.6. The minimum absolute atomic E-state index is 0.0103. The maximum Gasteiger partial charge on any atom is 0.340 e. The Kier molecular flexibility index (Phi) is 5.12. The molecule has 0 spiro atoms. The maximum atomic E-state index is 13.0. The smallest absolute Gasteiger partial charge is 0.340 e. The summed E-state index contributed by atoms with van der Waals surface area (Å²) in [6.07, 6.45) is 0.786. The number of carbonyl (C=O) groups is 1. The first-order chi connectivity index (χ1) is 14.4. The van der Waals surface area contributed by atoms with Crippen LogP contribution in [0.2, 0.25) is 5.02 Å². The Labute approximate surface area is 179 Å². The van der Waals surface area contributed by atoms with Gasteiger partial charge in [-0.1, -0.05) is 17.7 Å². The summed E-state index contributed by atoms with van der Waals surface area (Å²) in [5.41, 5.74) is 5.61. The van der Waals surface area contributed by atoms with Crippen molar-refractivity contribution in [3.05, 3.63) is 52.2 Å². The third-order valence-corrected chi connectivity index (χ3v) is 5.92. The first-order valence-corrected chi connectivity index (χ1v) is 9.84. The van der Waals surface area contributed by atoms with Gasteiger partial charge < -0.3 is 23.9 Å². The van der Waals surface area contributed by atoms with Gasteiger partial charge in [0.05, 0.1) is 37.6 Å². The van der Waals surface area contributed by atoms with Crippen molar-refractivity contribution in [1.82, 2.24) is 4.57 Å². The molecule has 2 aromatic carbocycles. The molecule has 30 heavy (non-hydrogen) atoms. The van der Waals surface area contributed by atoms with Crippen molar-refractivity contribution in [1.29, 1.82) is 0 Å². The third-order valence-electron chi connectivity index (χ3n) is 5.62. The molecule has 0 amide bonds. The van der Waals surface area contributed by atoms with Crippen molar-refractivity contribution < 1.29 is 24.1 Å². The minimum Gasteiger partial charge on any atom is -0.506 e. The highest BCUT2D eigenvalue weighted by Crippen LogP contribution is 2.45. The van der Waals surface area contributed by atoms with E-state index in [0.717, 1.165) is 40.1 Å². The van der Waals surface area contributed by atoms with E-state index in [1.165, 1.54) is 13.2 Å². The summed E-state index contributed by atoms with van der Waals surface area (Å²) in [5, 5.41) is 10.1. The van der Waals surface area contributed by atoms with E-state index in [1.807, 2.05) is 19.1 Å². The van der Waals surface area contributed by atoms with Crippen LogP contribution in [0.3, 0.4) is 0 Å². The lowest BCUT2D eigenvalue weighted by Crippen LogP contribution is -2.14. The molecule has 0 bridgehead atoms. The van der Waals surface area contributed by atoms with E-state index in [2.05, 4.69) is 4.57 Å². The number of hydrogen-bond donors (Lipinski definition) is 1. The van der Waals surface area contributed by atoms with Gasteiger partial charge in [0.25, 0.3) is 0 Å². The van der Waals surface area contributed by atoms with Crippen molar-refractivity contribution in [2.24, 2.45) is 0 Å². The standard InChI is InChI=1S/C23H22ClNO5/c1-12-20(14-5-6-17(26)16(24)9-14)21(23(27)30-4)22-15-11-19(29-3)18(28-2)10-13(15)7-8-25(12)22/h5-6,9-11,26H,7-8H2,1-4H3. The van der Waals surface area contributed by atoms with Crippen LogP contribution >= 0.6 is 11.6 Å². The average molecular weight is 428 g/mol. The second kappa shape index (κ2) is 7.61. The summed E-state index contributed by atoms with van der Waals surface area (Å²) in [4.78, 5) is 13.0. The molecule has 6 nitrogen and oxygen atoms in total. The van der Waals surface area contributed by atoms with Gasteiger partial charge in [0, 0.05) is 23.4 Å². The number of nitrogens with zero attached hydrogens (tertiary/aromatic N) is 1. The molecule has 1 aliphatic rings. The van der Waals surface area contributed by atoms with Crippen molar-refractivity contribution in [3.63, 3.8) is 0 Å². The van der Waals surface area contributed by atoms with Crippen LogP contribution < -0.4 is 9.47 Å². The Bertz CT molecular complexity index is 1170. The minimum atomic E-state index is -0.436. The monoisotopic (exact) mass is 427 g/mol. The molecule has 7 heteroatoms. The highest BCUT2D eigenvalue weighted by atomic mass is 35.5. The summed E-state index contributed by atoms with van der Waals surface area (Å²) in [6, 6.07) is 8.79. The molecule has 0 aliphatic carbocycles. The number of esters is 1. The fourth-order valence-electron chi connectivity index (χ4n) is 4.19. The molecule has 0 atom stereocenters. The lowest BCUT2D eigenvalue weighted by atomic mass is 9.93. The quantitative estimate of drug-likeness (QED) is 0.603. The van der Waals surface area contributed by atoms with E-state index < -0.39 is 5.97 Å². The molecule has 2 heterocycles. The van der Waals surface area contributed by atoms with E-state index in [0.29, 0.717) is 23.6 Å². The molecular formula is C23H22ClNO5. The largest absolute Gasteiger partial charge is 0.506 e. The highest BCUT2D eigenvalue weighted by molar-refractivity contribution is 6.32. The SMILES string of the molecule is COC(=O)c1c(-c2ccc(O)c(Cl)c2)c(C)n2c1-c1cc(OC)c(OC)cc1CC2. The molecule has 0 saturated carbocycles. The van der Waals surface area contributed by atoms with Gasteiger partial charge in [0.2, 0.25) is 0 Å². The third kappa shape index (κ3) is 2.99. The number of hydrogen-bond acceptors (Lipinski definition) is 5. The van der Waals surface area contributed by atoms with Gasteiger partial charge in [0.15, 0.2) is 11.5 Å². The van der Waals surface area contributed by atoms with Crippen LogP contribution in [-0.4, -0.2) is 37.0 Å². The van der Waals surface area contributed by atoms with Gasteiger partial charge in [-0.3, -0.25) is 0 Å². The Morgan fingerprint density at radius 2 is 1.80 bits per heavy atom. The van der Waals surface area contributed by atoms with Crippen LogP contribution in [-0.2, 0) is 17.7 Å². The molecule has 0 saturated heterocycles. The Balaban J connectivity index is 2.05. The maximum absolute atomic E-state index is 13.0. The number of methoxy groups -OCH3 is 3. The topological polar surface area (TPSA) is 69.9 Å². The number of aromatic nitrogens is 1. The zero-order valence-corrected chi connectivity index (χ0v) is 18.0. The van der Waals surface area contributed by atoms with Crippen LogP contribution in [0.1, 0.15) is 21.6 Å². The Morgan fingerprint density at radius 3 is 2.43 bits per heavy atom. The summed E-state index contributed by atoms with van der Waals surface area (Å²) in [7, 11) is 4.56. The van der Waals surface area contributed by atoms with Crippen LogP contribution in [0, 0.1) is 6.92 Å². The first-order valence-electron chi connectivity index (χ1n) is 9.46. The van der Waals surface area contributed by atoms with Gasteiger partial charge in [-0.2, -0.15) is 0 Å². The molecule has 1 aliphatic heterocycles. The molecule has 156 valence electrons. The van der Waals surface area contributed by atoms with Crippen LogP contribution in [0.4, 0.5) is 0 Å². The normalized spacial score (nSPS) is 12.2. The fraction of sp³-hybridized carbons (Fsp3) is 0.261. The molecule has 1 N–H and O–H groups in total. The summed E-state index contributed by atoms with van der Waals surface area (Å²) < 4.78 is 18.2. The second-order valence-corrected chi connectivity index (χ2v) is 7.51. The van der Waals surface area contributed by atoms with Crippen LogP contribution in [0.25, 0.3) is 22.4 Å². The fourth-order valence-corrected chi connectivity index (χ4v) is 4.37. The molecule has 0 radical (unpaired) electrons. The summed E-state index contributed by atoms with van der Waals surface area (Å²) in [5.74, 6) is 0.796. The Hall–Kier alpha value is -3.12. The van der Waals surface area contributed by atoms with Gasteiger partial charge in [-0.05, 0) is 48.7 Å². The number of aromatic hydroxyl groups is 1. The van der Waals surface area contributed by atoms with E-state index in [1.54, 1.807) is 26.4 Å². The van der Waals surface area contributed by atoms with Gasteiger partial charge in [-0.15, -0.1) is 0 Å². The molecule has 3 aromatic rings. The van der Waals surface area contributed by atoms with Gasteiger partial charge in [0.1, 0.15) is 5.75 Å². The van der Waals surface area contributed by atoms with Crippen molar-refractivity contribution in [3.8, 4) is 39.6 Å². The number of benzene rings is 2. The summed E-state index contributed by atoms with van der Waals surface area (Å²) >= 11 is 6.16. The van der Waals surface area contributed by atoms with E-state index in [9.17, 15) is 9.90 Å². The molecule has 1 aromatic heterocycles. The average Bonchev–Trinajstić information content (AvgIpc) is 3.06. The van der Waals surface area contributed by atoms with Crippen LogP contribution in [0.15, 0.2) is 30.3 Å². The predicted molar refractivity (Wildman–Crippen MR) is 115 cm³/mol. The number of carbonyl (C=O) groups excluding carboxylic acids is 1. The number of phenols is 1. The first kappa shape index (κ1) is 20.2. The van der Waals surface area contributed by atoms with Gasteiger partial charge >= 0.3 is 5.97 Å². The number of fused-ring (bicyclic) bond motifs is 3. The van der Waals surface area contributed by atoms with E-state index in [4.69, 9.17) is 25.8 Å². The van der Waals surface area contributed by atoms with Crippen molar-refractivity contribution >= 4 is 17.6 Å². The zero-order valence-electron chi connectivity index (χ0n) is 17.2. The van der Waals surface area contributed by atoms with Gasteiger partial charge in [-0.25, -0.2) is 4.79 Å². The Morgan fingerprint density at radius 1 is 1.10 bits per heavy atom. The van der Waals surface area contributed by atoms with Crippen molar-refractivity contribution in [2.45, 2.75) is 19.9 Å².